The summed E-state index contributed by atoms with van der Waals surface area (Å²) in [5, 5.41) is 7.39. The topological polar surface area (TPSA) is 42.7 Å². The maximum Gasteiger partial charge on any atom is 0.146 e. The molecule has 1 heterocycles. The average molecular weight is 226 g/mol. The summed E-state index contributed by atoms with van der Waals surface area (Å²) in [6, 6.07) is 7.75. The van der Waals surface area contributed by atoms with E-state index in [0.717, 1.165) is 23.6 Å². The highest BCUT2D eigenvalue weighted by Gasteiger charge is 2.01. The first-order chi connectivity index (χ1) is 8.33. The zero-order valence-electron chi connectivity index (χ0n) is 9.72. The van der Waals surface area contributed by atoms with Crippen LogP contribution < -0.4 is 5.32 Å². The Hall–Kier alpha value is -2.28. The Balaban J connectivity index is 2.05. The Morgan fingerprint density at radius 3 is 3.12 bits per heavy atom. The lowest BCUT2D eigenvalue weighted by Crippen LogP contribution is -2.09. The SMILES string of the molecule is C#Cc1cccc(NCc2ncnn2CC)c1. The predicted molar refractivity (Wildman–Crippen MR) is 67.4 cm³/mol. The van der Waals surface area contributed by atoms with E-state index in [1.807, 2.05) is 35.9 Å². The van der Waals surface area contributed by atoms with Gasteiger partial charge >= 0.3 is 0 Å². The van der Waals surface area contributed by atoms with Gasteiger partial charge in [-0.3, -0.25) is 0 Å². The van der Waals surface area contributed by atoms with Gasteiger partial charge in [0.25, 0.3) is 0 Å². The third-order valence-electron chi connectivity index (χ3n) is 2.48. The van der Waals surface area contributed by atoms with Crippen molar-refractivity contribution in [2.75, 3.05) is 5.32 Å². The van der Waals surface area contributed by atoms with Crippen LogP contribution in [0.1, 0.15) is 18.3 Å². The third-order valence-corrected chi connectivity index (χ3v) is 2.48. The molecule has 1 N–H and O–H groups in total. The zero-order chi connectivity index (χ0) is 12.1. The van der Waals surface area contributed by atoms with Crippen LogP contribution in [0.5, 0.6) is 0 Å². The molecule has 1 aromatic heterocycles. The molecular weight excluding hydrogens is 212 g/mol. The van der Waals surface area contributed by atoms with E-state index in [9.17, 15) is 0 Å². The van der Waals surface area contributed by atoms with Crippen LogP contribution in [0, 0.1) is 12.3 Å². The van der Waals surface area contributed by atoms with Gasteiger partial charge in [0.05, 0.1) is 6.54 Å². The molecule has 0 saturated carbocycles. The van der Waals surface area contributed by atoms with Crippen LogP contribution >= 0.6 is 0 Å². The van der Waals surface area contributed by atoms with Gasteiger partial charge in [-0.25, -0.2) is 9.67 Å². The van der Waals surface area contributed by atoms with Crippen LogP contribution in [-0.2, 0) is 13.1 Å². The number of terminal acetylenes is 1. The highest BCUT2D eigenvalue weighted by Crippen LogP contribution is 2.10. The van der Waals surface area contributed by atoms with E-state index in [1.165, 1.54) is 0 Å². The second-order valence-corrected chi connectivity index (χ2v) is 3.57. The average Bonchev–Trinajstić information content (AvgIpc) is 2.84. The van der Waals surface area contributed by atoms with Gasteiger partial charge in [-0.2, -0.15) is 5.10 Å². The highest BCUT2D eigenvalue weighted by molar-refractivity contribution is 5.49. The molecule has 2 aromatic rings. The standard InChI is InChI=1S/C13H14N4/c1-3-11-6-5-7-12(8-11)14-9-13-15-10-16-17(13)4-2/h1,5-8,10,14H,4,9H2,2H3. The van der Waals surface area contributed by atoms with Gasteiger partial charge in [0.1, 0.15) is 12.2 Å². The zero-order valence-corrected chi connectivity index (χ0v) is 9.72. The fourth-order valence-electron chi connectivity index (χ4n) is 1.59. The number of anilines is 1. The predicted octanol–water partition coefficient (Wildman–Crippen LogP) is 1.89. The number of hydrogen-bond acceptors (Lipinski definition) is 3. The summed E-state index contributed by atoms with van der Waals surface area (Å²) in [7, 11) is 0. The van der Waals surface area contributed by atoms with Crippen LogP contribution in [-0.4, -0.2) is 14.8 Å². The lowest BCUT2D eigenvalue weighted by atomic mass is 10.2. The Morgan fingerprint density at radius 1 is 1.47 bits per heavy atom. The molecule has 4 nitrogen and oxygen atoms in total. The van der Waals surface area contributed by atoms with E-state index in [2.05, 4.69) is 21.3 Å². The van der Waals surface area contributed by atoms with E-state index < -0.39 is 0 Å². The maximum atomic E-state index is 5.35. The minimum atomic E-state index is 0.641. The van der Waals surface area contributed by atoms with Gasteiger partial charge in [-0.1, -0.05) is 12.0 Å². The van der Waals surface area contributed by atoms with E-state index in [1.54, 1.807) is 6.33 Å². The molecule has 0 atom stereocenters. The van der Waals surface area contributed by atoms with Crippen molar-refractivity contribution in [1.29, 1.82) is 0 Å². The van der Waals surface area contributed by atoms with Crippen molar-refractivity contribution in [2.45, 2.75) is 20.0 Å². The number of nitrogens with zero attached hydrogens (tertiary/aromatic N) is 3. The van der Waals surface area contributed by atoms with Gasteiger partial charge in [0, 0.05) is 17.8 Å². The van der Waals surface area contributed by atoms with Crippen molar-refractivity contribution >= 4 is 5.69 Å². The van der Waals surface area contributed by atoms with Crippen molar-refractivity contribution in [1.82, 2.24) is 14.8 Å². The summed E-state index contributed by atoms with van der Waals surface area (Å²) < 4.78 is 1.86. The van der Waals surface area contributed by atoms with Crippen molar-refractivity contribution in [2.24, 2.45) is 0 Å². The van der Waals surface area contributed by atoms with Crippen molar-refractivity contribution in [3.63, 3.8) is 0 Å². The number of benzene rings is 1. The monoisotopic (exact) mass is 226 g/mol. The lowest BCUT2D eigenvalue weighted by Gasteiger charge is -2.07. The van der Waals surface area contributed by atoms with Crippen LogP contribution in [0.3, 0.4) is 0 Å². The van der Waals surface area contributed by atoms with Crippen LogP contribution in [0.4, 0.5) is 5.69 Å². The second-order valence-electron chi connectivity index (χ2n) is 3.57. The third kappa shape index (κ3) is 2.64. The normalized spacial score (nSPS) is 9.88. The molecule has 17 heavy (non-hydrogen) atoms. The first-order valence-electron chi connectivity index (χ1n) is 5.50. The summed E-state index contributed by atoms with van der Waals surface area (Å²) in [5.41, 5.74) is 1.86. The largest absolute Gasteiger partial charge is 0.378 e. The van der Waals surface area contributed by atoms with E-state index in [4.69, 9.17) is 6.42 Å². The summed E-state index contributed by atoms with van der Waals surface area (Å²) in [6.07, 6.45) is 6.92. The van der Waals surface area contributed by atoms with Crippen molar-refractivity contribution < 1.29 is 0 Å². The van der Waals surface area contributed by atoms with Crippen LogP contribution in [0.2, 0.25) is 0 Å². The van der Waals surface area contributed by atoms with E-state index >= 15 is 0 Å². The molecule has 0 fully saturated rings. The highest BCUT2D eigenvalue weighted by atomic mass is 15.3. The van der Waals surface area contributed by atoms with Crippen molar-refractivity contribution in [3.05, 3.63) is 42.0 Å². The first kappa shape index (κ1) is 11.2. The smallest absolute Gasteiger partial charge is 0.146 e. The van der Waals surface area contributed by atoms with Crippen molar-refractivity contribution in [3.8, 4) is 12.3 Å². The van der Waals surface area contributed by atoms with Gasteiger partial charge in [-0.05, 0) is 25.1 Å². The molecule has 86 valence electrons. The quantitative estimate of drug-likeness (QED) is 0.809. The number of hydrogen-bond donors (Lipinski definition) is 1. The fourth-order valence-corrected chi connectivity index (χ4v) is 1.59. The van der Waals surface area contributed by atoms with Crippen LogP contribution in [0.25, 0.3) is 0 Å². The molecule has 4 heteroatoms. The summed E-state index contributed by atoms with van der Waals surface area (Å²) in [6.45, 7) is 3.50. The summed E-state index contributed by atoms with van der Waals surface area (Å²) in [4.78, 5) is 4.19. The van der Waals surface area contributed by atoms with E-state index in [-0.39, 0.29) is 0 Å². The van der Waals surface area contributed by atoms with Gasteiger partial charge in [0.15, 0.2) is 0 Å². The molecule has 0 spiro atoms. The molecule has 1 aromatic carbocycles. The number of aromatic nitrogens is 3. The Labute approximate surface area is 101 Å². The molecule has 0 radical (unpaired) electrons. The molecular formula is C13H14N4. The van der Waals surface area contributed by atoms with Crippen LogP contribution in [0.15, 0.2) is 30.6 Å². The molecule has 0 unspecified atom stereocenters. The Morgan fingerprint density at radius 2 is 2.35 bits per heavy atom. The molecule has 0 aliphatic heterocycles. The minimum Gasteiger partial charge on any atom is -0.378 e. The lowest BCUT2D eigenvalue weighted by molar-refractivity contribution is 0.622. The second kappa shape index (κ2) is 5.17. The Bertz CT molecular complexity index is 536. The van der Waals surface area contributed by atoms with Gasteiger partial charge in [0.2, 0.25) is 0 Å². The molecule has 0 bridgehead atoms. The molecule has 2 rings (SSSR count). The molecule has 0 amide bonds. The summed E-state index contributed by atoms with van der Waals surface area (Å²) >= 11 is 0. The molecule has 0 saturated heterocycles. The molecule has 0 aliphatic rings. The fraction of sp³-hybridized carbons (Fsp3) is 0.231. The maximum absolute atomic E-state index is 5.35. The first-order valence-corrected chi connectivity index (χ1v) is 5.50. The van der Waals surface area contributed by atoms with Gasteiger partial charge in [-0.15, -0.1) is 6.42 Å². The minimum absolute atomic E-state index is 0.641. The Kier molecular flexibility index (Phi) is 3.41. The number of nitrogens with one attached hydrogen (secondary N) is 1. The van der Waals surface area contributed by atoms with E-state index in [0.29, 0.717) is 6.54 Å². The van der Waals surface area contributed by atoms with Gasteiger partial charge < -0.3 is 5.32 Å². The molecule has 0 aliphatic carbocycles. The number of rotatable bonds is 4. The number of aryl methyl sites for hydroxylation is 1. The summed E-state index contributed by atoms with van der Waals surface area (Å²) in [5.74, 6) is 3.53.